The van der Waals surface area contributed by atoms with E-state index < -0.39 is 0 Å². The van der Waals surface area contributed by atoms with Gasteiger partial charge in [0.25, 0.3) is 0 Å². The van der Waals surface area contributed by atoms with Gasteiger partial charge in [0.05, 0.1) is 7.11 Å². The maximum atomic E-state index is 12.2. The Labute approximate surface area is 120 Å². The second-order valence-electron chi connectivity index (χ2n) is 4.66. The van der Waals surface area contributed by atoms with Gasteiger partial charge in [-0.25, -0.2) is 0 Å². The lowest BCUT2D eigenvalue weighted by molar-refractivity contribution is 0.404. The van der Waals surface area contributed by atoms with Gasteiger partial charge in [-0.2, -0.15) is 0 Å². The fraction of sp³-hybridized carbons (Fsp3) is 0.0625. The minimum atomic E-state index is -0.233. The zero-order chi connectivity index (χ0) is 15.0. The molecule has 3 rings (SSSR count). The van der Waals surface area contributed by atoms with Crippen LogP contribution < -0.4 is 10.2 Å². The van der Waals surface area contributed by atoms with Crippen LogP contribution in [0.1, 0.15) is 0 Å². The number of hydrogen-bond donors (Lipinski definition) is 3. The van der Waals surface area contributed by atoms with Crippen molar-refractivity contribution in [3.8, 4) is 28.5 Å². The van der Waals surface area contributed by atoms with Crippen LogP contribution in [0.4, 0.5) is 0 Å². The molecule has 1 heterocycles. The molecule has 3 N–H and O–H groups in total. The molecule has 0 aliphatic heterocycles. The number of methoxy groups -OCH3 is 1. The number of ether oxygens (including phenoxy) is 1. The maximum absolute atomic E-state index is 12.2. The Morgan fingerprint density at radius 2 is 1.81 bits per heavy atom. The first-order valence-electron chi connectivity index (χ1n) is 6.32. The topological polar surface area (TPSA) is 82.6 Å². The smallest absolute Gasteiger partial charge is 0.190 e. The Bertz CT molecular complexity index is 883. The van der Waals surface area contributed by atoms with Gasteiger partial charge in [-0.05, 0) is 36.4 Å². The van der Waals surface area contributed by atoms with Gasteiger partial charge in [-0.15, -0.1) is 0 Å². The third-order valence-corrected chi connectivity index (χ3v) is 3.32. The van der Waals surface area contributed by atoms with Crippen molar-refractivity contribution in [2.45, 2.75) is 0 Å². The van der Waals surface area contributed by atoms with Crippen molar-refractivity contribution >= 4 is 10.9 Å². The van der Waals surface area contributed by atoms with Crippen LogP contribution in [-0.4, -0.2) is 22.3 Å². The number of pyridine rings is 1. The van der Waals surface area contributed by atoms with E-state index in [1.807, 2.05) is 0 Å². The zero-order valence-corrected chi connectivity index (χ0v) is 11.3. The number of H-pyrrole nitrogens is 1. The molecule has 1 aromatic heterocycles. The van der Waals surface area contributed by atoms with Crippen LogP contribution >= 0.6 is 0 Å². The molecule has 0 aliphatic rings. The Balaban J connectivity index is 2.20. The number of aromatic amines is 1. The summed E-state index contributed by atoms with van der Waals surface area (Å²) in [5.74, 6) is 0.179. The van der Waals surface area contributed by atoms with E-state index in [-0.39, 0.29) is 16.9 Å². The molecule has 0 spiro atoms. The first-order valence-corrected chi connectivity index (χ1v) is 6.32. The fourth-order valence-electron chi connectivity index (χ4n) is 2.20. The molecule has 0 atom stereocenters. The molecule has 0 aliphatic carbocycles. The second kappa shape index (κ2) is 4.86. The number of rotatable bonds is 2. The molecule has 2 aromatic carbocycles. The molecule has 0 fully saturated rings. The highest BCUT2D eigenvalue weighted by Gasteiger charge is 2.07. The summed E-state index contributed by atoms with van der Waals surface area (Å²) in [6, 6.07) is 11.0. The average Bonchev–Trinajstić information content (AvgIpc) is 2.49. The monoisotopic (exact) mass is 283 g/mol. The molecule has 0 saturated carbocycles. The normalized spacial score (nSPS) is 10.7. The second-order valence-corrected chi connectivity index (χ2v) is 4.66. The van der Waals surface area contributed by atoms with Crippen molar-refractivity contribution < 1.29 is 14.9 Å². The number of aromatic nitrogens is 1. The SMILES string of the molecule is COc1ccc2[nH]c(-c3ccc(O)c(O)c3)cc(=O)c2c1. The molecule has 5 nitrogen and oxygen atoms in total. The summed E-state index contributed by atoms with van der Waals surface area (Å²) in [4.78, 5) is 15.3. The Kier molecular flexibility index (Phi) is 3.02. The quantitative estimate of drug-likeness (QED) is 0.631. The van der Waals surface area contributed by atoms with Gasteiger partial charge in [0.15, 0.2) is 16.9 Å². The van der Waals surface area contributed by atoms with E-state index in [9.17, 15) is 15.0 Å². The molecule has 5 heteroatoms. The summed E-state index contributed by atoms with van der Waals surface area (Å²) < 4.78 is 5.11. The van der Waals surface area contributed by atoms with Gasteiger partial charge in [0, 0.05) is 28.2 Å². The van der Waals surface area contributed by atoms with E-state index in [0.29, 0.717) is 27.9 Å². The van der Waals surface area contributed by atoms with Crippen LogP contribution in [0.25, 0.3) is 22.2 Å². The van der Waals surface area contributed by atoms with Crippen LogP contribution in [0.3, 0.4) is 0 Å². The summed E-state index contributed by atoms with van der Waals surface area (Å²) in [6.45, 7) is 0. The molecule has 0 radical (unpaired) electrons. The van der Waals surface area contributed by atoms with Gasteiger partial charge in [-0.3, -0.25) is 4.79 Å². The lowest BCUT2D eigenvalue weighted by Crippen LogP contribution is -2.03. The van der Waals surface area contributed by atoms with Crippen LogP contribution in [0.5, 0.6) is 17.2 Å². The average molecular weight is 283 g/mol. The van der Waals surface area contributed by atoms with Gasteiger partial charge in [0.2, 0.25) is 0 Å². The lowest BCUT2D eigenvalue weighted by Gasteiger charge is -2.07. The van der Waals surface area contributed by atoms with Crippen LogP contribution in [0.15, 0.2) is 47.3 Å². The predicted octanol–water partition coefficient (Wildman–Crippen LogP) is 2.61. The van der Waals surface area contributed by atoms with Gasteiger partial charge in [-0.1, -0.05) is 0 Å². The van der Waals surface area contributed by atoms with Crippen molar-refractivity contribution in [3.63, 3.8) is 0 Å². The van der Waals surface area contributed by atoms with Crippen LogP contribution in [0, 0.1) is 0 Å². The molecule has 106 valence electrons. The summed E-state index contributed by atoms with van der Waals surface area (Å²) in [7, 11) is 1.54. The molecule has 0 bridgehead atoms. The maximum Gasteiger partial charge on any atom is 0.190 e. The van der Waals surface area contributed by atoms with Crippen molar-refractivity contribution in [2.24, 2.45) is 0 Å². The largest absolute Gasteiger partial charge is 0.504 e. The molecule has 0 saturated heterocycles. The van der Waals surface area contributed by atoms with Crippen molar-refractivity contribution in [1.29, 1.82) is 0 Å². The van der Waals surface area contributed by atoms with Crippen molar-refractivity contribution in [2.75, 3.05) is 7.11 Å². The highest BCUT2D eigenvalue weighted by Crippen LogP contribution is 2.30. The molecule has 0 unspecified atom stereocenters. The Morgan fingerprint density at radius 1 is 1.00 bits per heavy atom. The number of hydrogen-bond acceptors (Lipinski definition) is 4. The third-order valence-electron chi connectivity index (χ3n) is 3.32. The van der Waals surface area contributed by atoms with Crippen LogP contribution in [0.2, 0.25) is 0 Å². The number of aromatic hydroxyl groups is 2. The van der Waals surface area contributed by atoms with Crippen molar-refractivity contribution in [3.05, 3.63) is 52.7 Å². The van der Waals surface area contributed by atoms with E-state index in [1.54, 1.807) is 31.4 Å². The van der Waals surface area contributed by atoms with Crippen LogP contribution in [-0.2, 0) is 0 Å². The summed E-state index contributed by atoms with van der Waals surface area (Å²) in [5, 5.41) is 19.4. The zero-order valence-electron chi connectivity index (χ0n) is 11.3. The van der Waals surface area contributed by atoms with Gasteiger partial charge < -0.3 is 19.9 Å². The highest BCUT2D eigenvalue weighted by atomic mass is 16.5. The lowest BCUT2D eigenvalue weighted by atomic mass is 10.1. The van der Waals surface area contributed by atoms with E-state index >= 15 is 0 Å². The first kappa shape index (κ1) is 13.1. The Morgan fingerprint density at radius 3 is 2.52 bits per heavy atom. The first-order chi connectivity index (χ1) is 10.1. The molecular formula is C16H13NO4. The van der Waals surface area contributed by atoms with E-state index in [4.69, 9.17) is 4.74 Å². The third kappa shape index (κ3) is 2.29. The number of fused-ring (bicyclic) bond motifs is 1. The van der Waals surface area contributed by atoms with E-state index in [0.717, 1.165) is 0 Å². The standard InChI is InChI=1S/C16H13NO4/c1-21-10-3-4-12-11(7-10)15(19)8-13(17-12)9-2-5-14(18)16(20)6-9/h2-8,18,20H,1H3,(H,17,19). The van der Waals surface area contributed by atoms with E-state index in [1.165, 1.54) is 18.2 Å². The summed E-state index contributed by atoms with van der Waals surface area (Å²) in [6.07, 6.45) is 0. The fourth-order valence-corrected chi connectivity index (χ4v) is 2.20. The number of benzene rings is 2. The van der Waals surface area contributed by atoms with E-state index in [2.05, 4.69) is 4.98 Å². The number of phenolic OH excluding ortho intramolecular Hbond substituents is 2. The molecule has 3 aromatic rings. The Hall–Kier alpha value is -2.95. The van der Waals surface area contributed by atoms with Gasteiger partial charge in [0.1, 0.15) is 5.75 Å². The number of nitrogens with one attached hydrogen (secondary N) is 1. The highest BCUT2D eigenvalue weighted by molar-refractivity contribution is 5.83. The predicted molar refractivity (Wildman–Crippen MR) is 79.9 cm³/mol. The minimum absolute atomic E-state index is 0.148. The summed E-state index contributed by atoms with van der Waals surface area (Å²) in [5.41, 5.74) is 1.70. The summed E-state index contributed by atoms with van der Waals surface area (Å²) >= 11 is 0. The molecule has 0 amide bonds. The van der Waals surface area contributed by atoms with Crippen molar-refractivity contribution in [1.82, 2.24) is 4.98 Å². The molecular weight excluding hydrogens is 270 g/mol. The minimum Gasteiger partial charge on any atom is -0.504 e. The molecule has 21 heavy (non-hydrogen) atoms. The number of phenols is 2. The van der Waals surface area contributed by atoms with Gasteiger partial charge >= 0.3 is 0 Å².